The molecule has 1 aliphatic heterocycles. The molecule has 0 radical (unpaired) electrons. The highest BCUT2D eigenvalue weighted by atomic mass is 16.5. The van der Waals surface area contributed by atoms with Gasteiger partial charge >= 0.3 is 0 Å². The van der Waals surface area contributed by atoms with E-state index < -0.39 is 0 Å². The molecule has 1 heterocycles. The Hall–Kier alpha value is -0.120. The Kier molecular flexibility index (Phi) is 3.83. The molecule has 0 aromatic rings. The Labute approximate surface area is 68.3 Å². The van der Waals surface area contributed by atoms with Crippen molar-refractivity contribution in [3.05, 3.63) is 0 Å². The van der Waals surface area contributed by atoms with Gasteiger partial charge in [0.15, 0.2) is 0 Å². The van der Waals surface area contributed by atoms with Gasteiger partial charge in [-0.05, 0) is 13.5 Å². The second-order valence-electron chi connectivity index (χ2n) is 2.99. The highest BCUT2D eigenvalue weighted by Crippen LogP contribution is 2.07. The second-order valence-corrected chi connectivity index (χ2v) is 2.99. The van der Waals surface area contributed by atoms with Crippen LogP contribution in [0.2, 0.25) is 0 Å². The molecule has 0 N–H and O–H groups in total. The molecule has 1 atom stereocenters. The summed E-state index contributed by atoms with van der Waals surface area (Å²) in [6, 6.07) is 0.559. The van der Waals surface area contributed by atoms with Crippen molar-refractivity contribution in [3.8, 4) is 0 Å². The lowest BCUT2D eigenvalue weighted by atomic mass is 10.2. The summed E-state index contributed by atoms with van der Waals surface area (Å²) in [6.45, 7) is 3.62. The van der Waals surface area contributed by atoms with Crippen molar-refractivity contribution in [2.24, 2.45) is 0 Å². The zero-order valence-corrected chi connectivity index (χ0v) is 7.38. The van der Waals surface area contributed by atoms with Crippen molar-refractivity contribution in [2.75, 3.05) is 40.5 Å². The molecular weight excluding hydrogens is 142 g/mol. The van der Waals surface area contributed by atoms with Crippen LogP contribution in [0, 0.1) is 0 Å². The normalized spacial score (nSPS) is 27.3. The number of morpholine rings is 1. The van der Waals surface area contributed by atoms with Crippen molar-refractivity contribution < 1.29 is 9.47 Å². The van der Waals surface area contributed by atoms with Gasteiger partial charge in [0.2, 0.25) is 0 Å². The minimum Gasteiger partial charge on any atom is -0.385 e. The largest absolute Gasteiger partial charge is 0.385 e. The van der Waals surface area contributed by atoms with Crippen LogP contribution in [-0.2, 0) is 9.47 Å². The molecule has 66 valence electrons. The fourth-order valence-corrected chi connectivity index (χ4v) is 1.30. The van der Waals surface area contributed by atoms with Crippen molar-refractivity contribution in [1.29, 1.82) is 0 Å². The number of rotatable bonds is 3. The van der Waals surface area contributed by atoms with E-state index in [1.807, 2.05) is 0 Å². The third-order valence-corrected chi connectivity index (χ3v) is 2.18. The van der Waals surface area contributed by atoms with E-state index in [1.54, 1.807) is 7.11 Å². The van der Waals surface area contributed by atoms with Crippen molar-refractivity contribution in [1.82, 2.24) is 4.90 Å². The third kappa shape index (κ3) is 2.77. The van der Waals surface area contributed by atoms with Gasteiger partial charge in [0.25, 0.3) is 0 Å². The molecule has 1 saturated heterocycles. The summed E-state index contributed by atoms with van der Waals surface area (Å²) in [5.74, 6) is 0. The van der Waals surface area contributed by atoms with E-state index in [-0.39, 0.29) is 0 Å². The number of nitrogens with zero attached hydrogens (tertiary/aromatic N) is 1. The first-order valence-electron chi connectivity index (χ1n) is 4.11. The maximum absolute atomic E-state index is 5.35. The molecule has 0 bridgehead atoms. The van der Waals surface area contributed by atoms with Crippen molar-refractivity contribution in [3.63, 3.8) is 0 Å². The molecule has 0 aromatic heterocycles. The van der Waals surface area contributed by atoms with Crippen LogP contribution < -0.4 is 0 Å². The fourth-order valence-electron chi connectivity index (χ4n) is 1.30. The molecule has 1 fully saturated rings. The standard InChI is InChI=1S/C8H17NO2/c1-9-4-6-11-7-8(9)3-5-10-2/h8H,3-7H2,1-2H3. The third-order valence-electron chi connectivity index (χ3n) is 2.18. The van der Waals surface area contributed by atoms with Crippen molar-refractivity contribution >= 4 is 0 Å². The number of likely N-dealkylation sites (N-methyl/N-ethyl adjacent to an activating group) is 1. The van der Waals surface area contributed by atoms with Crippen LogP contribution in [-0.4, -0.2) is 51.5 Å². The Morgan fingerprint density at radius 1 is 1.64 bits per heavy atom. The Morgan fingerprint density at radius 3 is 3.09 bits per heavy atom. The summed E-state index contributed by atoms with van der Waals surface area (Å²) >= 11 is 0. The summed E-state index contributed by atoms with van der Waals surface area (Å²) in [7, 11) is 3.88. The highest BCUT2D eigenvalue weighted by molar-refractivity contribution is 4.71. The summed E-state index contributed by atoms with van der Waals surface area (Å²) in [5, 5.41) is 0. The second kappa shape index (κ2) is 4.70. The lowest BCUT2D eigenvalue weighted by molar-refractivity contribution is -0.00518. The number of hydrogen-bond acceptors (Lipinski definition) is 3. The molecule has 0 aliphatic carbocycles. The predicted molar refractivity (Wildman–Crippen MR) is 43.7 cm³/mol. The van der Waals surface area contributed by atoms with Gasteiger partial charge in [0.05, 0.1) is 13.2 Å². The van der Waals surface area contributed by atoms with E-state index in [0.717, 1.165) is 32.8 Å². The van der Waals surface area contributed by atoms with Gasteiger partial charge in [0, 0.05) is 26.3 Å². The maximum atomic E-state index is 5.35. The quantitative estimate of drug-likeness (QED) is 0.593. The minimum atomic E-state index is 0.559. The maximum Gasteiger partial charge on any atom is 0.0623 e. The molecule has 0 saturated carbocycles. The summed E-state index contributed by atoms with van der Waals surface area (Å²) < 4.78 is 10.4. The summed E-state index contributed by atoms with van der Waals surface area (Å²) in [5.41, 5.74) is 0. The van der Waals surface area contributed by atoms with E-state index in [9.17, 15) is 0 Å². The number of hydrogen-bond donors (Lipinski definition) is 0. The number of ether oxygens (including phenoxy) is 2. The zero-order valence-electron chi connectivity index (χ0n) is 7.38. The van der Waals surface area contributed by atoms with Gasteiger partial charge in [-0.3, -0.25) is 4.90 Å². The first kappa shape index (κ1) is 8.97. The average Bonchev–Trinajstić information content (AvgIpc) is 2.03. The van der Waals surface area contributed by atoms with Gasteiger partial charge < -0.3 is 9.47 Å². The van der Waals surface area contributed by atoms with E-state index in [0.29, 0.717) is 6.04 Å². The molecule has 3 nitrogen and oxygen atoms in total. The van der Waals surface area contributed by atoms with E-state index in [1.165, 1.54) is 0 Å². The first-order chi connectivity index (χ1) is 5.34. The monoisotopic (exact) mass is 159 g/mol. The Bertz CT molecular complexity index is 108. The molecule has 0 spiro atoms. The topological polar surface area (TPSA) is 21.7 Å². The smallest absolute Gasteiger partial charge is 0.0623 e. The molecule has 0 amide bonds. The highest BCUT2D eigenvalue weighted by Gasteiger charge is 2.18. The van der Waals surface area contributed by atoms with Crippen LogP contribution in [0.5, 0.6) is 0 Å². The predicted octanol–water partition coefficient (Wildman–Crippen LogP) is 0.353. The van der Waals surface area contributed by atoms with Crippen LogP contribution in [0.4, 0.5) is 0 Å². The summed E-state index contributed by atoms with van der Waals surface area (Å²) in [4.78, 5) is 2.34. The van der Waals surface area contributed by atoms with Crippen LogP contribution in [0.25, 0.3) is 0 Å². The van der Waals surface area contributed by atoms with Crippen molar-refractivity contribution in [2.45, 2.75) is 12.5 Å². The molecule has 1 aliphatic rings. The Morgan fingerprint density at radius 2 is 2.45 bits per heavy atom. The minimum absolute atomic E-state index is 0.559. The molecule has 1 unspecified atom stereocenters. The molecule has 11 heavy (non-hydrogen) atoms. The van der Waals surface area contributed by atoms with Gasteiger partial charge in [-0.2, -0.15) is 0 Å². The lowest BCUT2D eigenvalue weighted by Crippen LogP contribution is -2.43. The van der Waals surface area contributed by atoms with Gasteiger partial charge in [-0.25, -0.2) is 0 Å². The SMILES string of the molecule is COCCC1COCCN1C. The van der Waals surface area contributed by atoms with Gasteiger partial charge in [0.1, 0.15) is 0 Å². The summed E-state index contributed by atoms with van der Waals surface area (Å²) in [6.07, 6.45) is 1.08. The van der Waals surface area contributed by atoms with E-state index >= 15 is 0 Å². The van der Waals surface area contributed by atoms with Gasteiger partial charge in [-0.15, -0.1) is 0 Å². The van der Waals surface area contributed by atoms with E-state index in [2.05, 4.69) is 11.9 Å². The lowest BCUT2D eigenvalue weighted by Gasteiger charge is -2.32. The average molecular weight is 159 g/mol. The molecular formula is C8H17NO2. The molecule has 3 heteroatoms. The van der Waals surface area contributed by atoms with E-state index in [4.69, 9.17) is 9.47 Å². The fraction of sp³-hybridized carbons (Fsp3) is 1.00. The zero-order chi connectivity index (χ0) is 8.10. The van der Waals surface area contributed by atoms with Crippen LogP contribution in [0.3, 0.4) is 0 Å². The molecule has 1 rings (SSSR count). The first-order valence-corrected chi connectivity index (χ1v) is 4.11. The number of methoxy groups -OCH3 is 1. The van der Waals surface area contributed by atoms with Crippen LogP contribution in [0.15, 0.2) is 0 Å². The molecule has 0 aromatic carbocycles. The van der Waals surface area contributed by atoms with Crippen LogP contribution >= 0.6 is 0 Å². The Balaban J connectivity index is 2.18. The van der Waals surface area contributed by atoms with Gasteiger partial charge in [-0.1, -0.05) is 0 Å². The van der Waals surface area contributed by atoms with Crippen LogP contribution in [0.1, 0.15) is 6.42 Å².